The molecule has 7 nitrogen and oxygen atoms in total. The zero-order chi connectivity index (χ0) is 22.1. The summed E-state index contributed by atoms with van der Waals surface area (Å²) in [5.74, 6) is -3.15. The van der Waals surface area contributed by atoms with E-state index in [0.717, 1.165) is 12.3 Å². The molecular weight excluding hydrogens is 429 g/mol. The van der Waals surface area contributed by atoms with E-state index >= 15 is 0 Å². The summed E-state index contributed by atoms with van der Waals surface area (Å²) >= 11 is 5.62. The van der Waals surface area contributed by atoms with Crippen molar-refractivity contribution in [2.75, 3.05) is 5.32 Å². The molecule has 0 amide bonds. The molecule has 0 bridgehead atoms. The first-order valence-electron chi connectivity index (χ1n) is 8.39. The van der Waals surface area contributed by atoms with Crippen LogP contribution >= 0.6 is 11.6 Å². The Labute approximate surface area is 173 Å². The van der Waals surface area contributed by atoms with E-state index in [2.05, 4.69) is 10.3 Å². The van der Waals surface area contributed by atoms with Gasteiger partial charge in [-0.25, -0.2) is 14.6 Å². The van der Waals surface area contributed by atoms with Crippen molar-refractivity contribution in [3.63, 3.8) is 0 Å². The fraction of sp³-hybridized carbons (Fsp3) is 0.211. The predicted molar refractivity (Wildman–Crippen MR) is 98.7 cm³/mol. The number of nitrogens with one attached hydrogen (secondary N) is 1. The quantitative estimate of drug-likeness (QED) is 0.318. The zero-order valence-electron chi connectivity index (χ0n) is 15.5. The summed E-state index contributed by atoms with van der Waals surface area (Å²) in [6.07, 6.45) is -3.47. The van der Waals surface area contributed by atoms with Crippen molar-refractivity contribution in [2.45, 2.75) is 25.8 Å². The Bertz CT molecular complexity index is 998. The molecule has 2 heterocycles. The van der Waals surface area contributed by atoms with Crippen molar-refractivity contribution in [1.82, 2.24) is 4.98 Å². The van der Waals surface area contributed by atoms with Gasteiger partial charge in [0, 0.05) is 31.8 Å². The lowest BCUT2D eigenvalue weighted by Gasteiger charge is -2.29. The number of ether oxygens (including phenoxy) is 3. The molecule has 1 aromatic heterocycles. The lowest BCUT2D eigenvalue weighted by Crippen LogP contribution is -2.42. The Morgan fingerprint density at radius 1 is 1.10 bits per heavy atom. The standard InChI is InChI=1S/C19H14ClF3N2O5/c1-18(2)29-16(26)13(17(27)30-18)9-24-11-3-5-12(6-4-11)28-15-8-10(19(21,22)23)7-14(20)25-15/h3-9,24H,1-2H3. The van der Waals surface area contributed by atoms with Gasteiger partial charge in [0.1, 0.15) is 10.9 Å². The Morgan fingerprint density at radius 3 is 2.27 bits per heavy atom. The van der Waals surface area contributed by atoms with Crippen LogP contribution in [0.2, 0.25) is 5.15 Å². The van der Waals surface area contributed by atoms with Gasteiger partial charge in [0.05, 0.1) is 5.56 Å². The highest BCUT2D eigenvalue weighted by Gasteiger charge is 2.39. The van der Waals surface area contributed by atoms with E-state index in [9.17, 15) is 22.8 Å². The van der Waals surface area contributed by atoms with Crippen LogP contribution in [0, 0.1) is 0 Å². The van der Waals surface area contributed by atoms with Gasteiger partial charge in [0.2, 0.25) is 5.88 Å². The van der Waals surface area contributed by atoms with E-state index in [-0.39, 0.29) is 22.4 Å². The molecule has 1 aromatic carbocycles. The molecule has 0 saturated carbocycles. The molecule has 11 heteroatoms. The number of hydrogen-bond acceptors (Lipinski definition) is 7. The van der Waals surface area contributed by atoms with Crippen LogP contribution < -0.4 is 10.1 Å². The van der Waals surface area contributed by atoms with Crippen LogP contribution in [0.1, 0.15) is 19.4 Å². The topological polar surface area (TPSA) is 86.8 Å². The molecule has 0 unspecified atom stereocenters. The van der Waals surface area contributed by atoms with Gasteiger partial charge < -0.3 is 19.5 Å². The molecule has 1 fully saturated rings. The fourth-order valence-corrected chi connectivity index (χ4v) is 2.56. The van der Waals surface area contributed by atoms with Gasteiger partial charge in [0.25, 0.3) is 5.79 Å². The van der Waals surface area contributed by atoms with E-state index in [1.807, 2.05) is 0 Å². The summed E-state index contributed by atoms with van der Waals surface area (Å²) in [6, 6.07) is 7.31. The van der Waals surface area contributed by atoms with Gasteiger partial charge in [0.15, 0.2) is 5.57 Å². The largest absolute Gasteiger partial charge is 0.439 e. The number of cyclic esters (lactones) is 2. The molecule has 1 N–H and O–H groups in total. The first kappa shape index (κ1) is 21.4. The molecule has 0 atom stereocenters. The lowest BCUT2D eigenvalue weighted by molar-refractivity contribution is -0.222. The number of benzene rings is 1. The zero-order valence-corrected chi connectivity index (χ0v) is 16.3. The third-order valence-electron chi connectivity index (χ3n) is 3.67. The number of carbonyl (C=O) groups excluding carboxylic acids is 2. The van der Waals surface area contributed by atoms with Crippen LogP contribution in [0.15, 0.2) is 48.2 Å². The number of pyridine rings is 1. The van der Waals surface area contributed by atoms with Crippen LogP contribution in [0.25, 0.3) is 0 Å². The second-order valence-corrected chi connectivity index (χ2v) is 6.91. The highest BCUT2D eigenvalue weighted by Crippen LogP contribution is 2.34. The Hall–Kier alpha value is -3.27. The smallest absolute Gasteiger partial charge is 0.416 e. The predicted octanol–water partition coefficient (Wildman–Crippen LogP) is 4.68. The summed E-state index contributed by atoms with van der Waals surface area (Å²) in [5, 5.41) is 2.37. The van der Waals surface area contributed by atoms with Crippen LogP contribution in [0.4, 0.5) is 18.9 Å². The minimum absolute atomic E-state index is 0.189. The molecule has 0 aliphatic carbocycles. The van der Waals surface area contributed by atoms with Gasteiger partial charge in [-0.05, 0) is 30.3 Å². The maximum absolute atomic E-state index is 12.9. The van der Waals surface area contributed by atoms with Gasteiger partial charge in [-0.3, -0.25) is 0 Å². The molecule has 158 valence electrons. The highest BCUT2D eigenvalue weighted by molar-refractivity contribution is 6.29. The number of halogens is 4. The Balaban J connectivity index is 1.70. The fourth-order valence-electron chi connectivity index (χ4n) is 2.36. The van der Waals surface area contributed by atoms with Gasteiger partial charge in [-0.1, -0.05) is 11.6 Å². The normalized spacial score (nSPS) is 15.9. The number of esters is 2. The van der Waals surface area contributed by atoms with Gasteiger partial charge in [-0.2, -0.15) is 13.2 Å². The number of nitrogens with zero attached hydrogens (tertiary/aromatic N) is 1. The van der Waals surface area contributed by atoms with E-state index < -0.39 is 29.5 Å². The van der Waals surface area contributed by atoms with Crippen LogP contribution in [0.5, 0.6) is 11.6 Å². The highest BCUT2D eigenvalue weighted by atomic mass is 35.5. The second-order valence-electron chi connectivity index (χ2n) is 6.52. The third kappa shape index (κ3) is 5.20. The molecular formula is C19H14ClF3N2O5. The average Bonchev–Trinajstić information content (AvgIpc) is 2.60. The van der Waals surface area contributed by atoms with E-state index in [1.54, 1.807) is 0 Å². The SMILES string of the molecule is CC1(C)OC(=O)C(=CNc2ccc(Oc3cc(C(F)(F)F)cc(Cl)n3)cc2)C(=O)O1. The van der Waals surface area contributed by atoms with Crippen LogP contribution in [0.3, 0.4) is 0 Å². The second kappa shape index (κ2) is 7.86. The van der Waals surface area contributed by atoms with Gasteiger partial charge in [-0.15, -0.1) is 0 Å². The van der Waals surface area contributed by atoms with Crippen molar-refractivity contribution < 1.29 is 37.0 Å². The van der Waals surface area contributed by atoms with Crippen molar-refractivity contribution in [3.8, 4) is 11.6 Å². The number of carbonyl (C=O) groups is 2. The first-order chi connectivity index (χ1) is 13.9. The summed E-state index contributed by atoms with van der Waals surface area (Å²) in [7, 11) is 0. The number of alkyl halides is 3. The molecule has 2 aromatic rings. The number of rotatable bonds is 4. The molecule has 1 aliphatic heterocycles. The molecule has 1 saturated heterocycles. The lowest BCUT2D eigenvalue weighted by atomic mass is 10.2. The molecule has 0 radical (unpaired) electrons. The molecule has 3 rings (SSSR count). The number of anilines is 1. The summed E-state index contributed by atoms with van der Waals surface area (Å²) in [5.41, 5.74) is -0.857. The average molecular weight is 443 g/mol. The van der Waals surface area contributed by atoms with E-state index in [1.165, 1.54) is 38.1 Å². The Kier molecular flexibility index (Phi) is 5.62. The maximum Gasteiger partial charge on any atom is 0.416 e. The van der Waals surface area contributed by atoms with Crippen molar-refractivity contribution >= 4 is 29.2 Å². The number of hydrogen-bond donors (Lipinski definition) is 1. The molecule has 30 heavy (non-hydrogen) atoms. The minimum Gasteiger partial charge on any atom is -0.439 e. The van der Waals surface area contributed by atoms with E-state index in [0.29, 0.717) is 11.8 Å². The first-order valence-corrected chi connectivity index (χ1v) is 8.77. The van der Waals surface area contributed by atoms with Crippen molar-refractivity contribution in [1.29, 1.82) is 0 Å². The van der Waals surface area contributed by atoms with Crippen molar-refractivity contribution in [3.05, 3.63) is 58.9 Å². The van der Waals surface area contributed by atoms with Crippen molar-refractivity contribution in [2.24, 2.45) is 0 Å². The third-order valence-corrected chi connectivity index (χ3v) is 3.87. The van der Waals surface area contributed by atoms with Crippen LogP contribution in [-0.4, -0.2) is 22.7 Å². The van der Waals surface area contributed by atoms with E-state index in [4.69, 9.17) is 25.8 Å². The summed E-state index contributed by atoms with van der Waals surface area (Å²) in [4.78, 5) is 27.5. The molecule has 0 spiro atoms. The van der Waals surface area contributed by atoms with Crippen LogP contribution in [-0.2, 0) is 25.2 Å². The monoisotopic (exact) mass is 442 g/mol. The summed E-state index contributed by atoms with van der Waals surface area (Å²) in [6.45, 7) is 2.86. The number of aromatic nitrogens is 1. The van der Waals surface area contributed by atoms with Gasteiger partial charge >= 0.3 is 18.1 Å². The minimum atomic E-state index is -4.59. The maximum atomic E-state index is 12.9. The Morgan fingerprint density at radius 2 is 1.70 bits per heavy atom. The molecule has 1 aliphatic rings. The summed E-state index contributed by atoms with van der Waals surface area (Å²) < 4.78 is 53.8.